The number of halogens is 1. The van der Waals surface area contributed by atoms with Crippen molar-refractivity contribution in [2.45, 2.75) is 249 Å². The van der Waals surface area contributed by atoms with Crippen LogP contribution in [0.15, 0.2) is 23.3 Å². The van der Waals surface area contributed by atoms with Gasteiger partial charge in [-0.3, -0.25) is 9.59 Å². The summed E-state index contributed by atoms with van der Waals surface area (Å²) in [4.78, 5) is 21.6. The van der Waals surface area contributed by atoms with Crippen molar-refractivity contribution < 1.29 is 64.3 Å². The average molecular weight is 1210 g/mol. The molecule has 1 aliphatic heterocycles. The molecule has 9 rings (SSSR count). The van der Waals surface area contributed by atoms with Crippen LogP contribution >= 0.6 is 15.9 Å². The van der Waals surface area contributed by atoms with Gasteiger partial charge in [-0.25, -0.2) is 0 Å². The van der Waals surface area contributed by atoms with Crippen molar-refractivity contribution in [3.8, 4) is 0 Å². The summed E-state index contributed by atoms with van der Waals surface area (Å²) in [6.45, 7) is 34.8. The Morgan fingerprint density at radius 3 is 1.49 bits per heavy atom. The monoisotopic (exact) mass is 1210 g/mol. The second-order valence-corrected chi connectivity index (χ2v) is 29.6. The van der Waals surface area contributed by atoms with Gasteiger partial charge in [0.15, 0.2) is 0 Å². The second-order valence-electron chi connectivity index (χ2n) is 29.1. The standard InChI is InChI=1S/C33H57NO3.C29H51NO.C4H7BrO2.C4H8O.Na.H/c1-7-36-31(35)22-34-19-20-37-26-15-17-32(5)25(21-26)11-12-27-29-14-13-28(24(4)10-8-9-23(2)3)33(29,6)18-16-30(27)32;1-20(2)7-6-8-21(3)25-11-12-26-24-10-9-22-19-23(31-18-17-30)13-15-28(22,4)27(24)14-16-29(25,26)5;1-2-7-4(6)3-5;1-2-4-5-3-1;;/h11,23-24,26-30,34H,7-10,12-22H2,1-6H3;9,20-21,23-27H,6-8,10-19,30H2,1-5H3;2-3H2,1H3;1-4H2;;/q;;;;+1;-1/t24-,26+,27?,28-,29?,30?,32+,33-;21-,23+,24?,25-,26?,27?,28+,29-;;;;/m11..../s1. The van der Waals surface area contributed by atoms with Gasteiger partial charge >= 0.3 is 41.5 Å². The Bertz CT molecular complexity index is 1930. The third kappa shape index (κ3) is 18.6. The minimum atomic E-state index is -0.206. The van der Waals surface area contributed by atoms with Gasteiger partial charge in [0, 0.05) is 26.3 Å². The fourth-order valence-corrected chi connectivity index (χ4v) is 19.4. The Morgan fingerprint density at radius 2 is 1.10 bits per heavy atom. The molecule has 3 N–H and O–H groups in total. The van der Waals surface area contributed by atoms with E-state index >= 15 is 0 Å². The molecule has 8 aliphatic carbocycles. The molecule has 1 heterocycles. The average Bonchev–Trinajstić information content (AvgIpc) is 2.87. The number of carbonyl (C=O) groups excluding carboxylic acids is 2. The number of nitrogens with two attached hydrogens (primary N) is 1. The number of fused-ring (bicyclic) bond motifs is 10. The predicted molar refractivity (Wildman–Crippen MR) is 336 cm³/mol. The molecule has 6 unspecified atom stereocenters. The Kier molecular flexibility index (Phi) is 30.4. The summed E-state index contributed by atoms with van der Waals surface area (Å²) in [5.74, 6) is 10.5. The second kappa shape index (κ2) is 34.5. The van der Waals surface area contributed by atoms with Crippen LogP contribution in [0.5, 0.6) is 0 Å². The molecule has 6 saturated carbocycles. The van der Waals surface area contributed by atoms with Crippen molar-refractivity contribution in [2.75, 3.05) is 64.6 Å². The molecule has 9 nitrogen and oxygen atoms in total. The van der Waals surface area contributed by atoms with E-state index in [0.717, 1.165) is 104 Å². The van der Waals surface area contributed by atoms with E-state index in [1.165, 1.54) is 141 Å². The molecule has 0 bridgehead atoms. The first-order chi connectivity index (χ1) is 38.3. The van der Waals surface area contributed by atoms with Crippen LogP contribution in [0.1, 0.15) is 239 Å². The number of ether oxygens (including phenoxy) is 5. The topological polar surface area (TPSA) is 118 Å². The number of esters is 2. The zero-order valence-electron chi connectivity index (χ0n) is 55.6. The third-order valence-corrected chi connectivity index (χ3v) is 23.9. The van der Waals surface area contributed by atoms with Crippen LogP contribution in [0.4, 0.5) is 0 Å². The van der Waals surface area contributed by atoms with Crippen molar-refractivity contribution in [3.63, 3.8) is 0 Å². The Hall–Kier alpha value is -0.300. The van der Waals surface area contributed by atoms with E-state index in [1.54, 1.807) is 18.1 Å². The van der Waals surface area contributed by atoms with E-state index in [9.17, 15) is 9.59 Å². The molecular formula is C70H124BrN2NaO7. The van der Waals surface area contributed by atoms with Gasteiger partial charge in [-0.1, -0.05) is 147 Å². The van der Waals surface area contributed by atoms with E-state index < -0.39 is 0 Å². The zero-order valence-corrected chi connectivity index (χ0v) is 58.2. The first-order valence-corrected chi connectivity index (χ1v) is 34.9. The van der Waals surface area contributed by atoms with Gasteiger partial charge in [0.2, 0.25) is 0 Å². The first-order valence-electron chi connectivity index (χ1n) is 33.8. The molecule has 464 valence electrons. The smallest absolute Gasteiger partial charge is 1.00 e. The maximum Gasteiger partial charge on any atom is 1.00 e. The molecule has 0 aromatic rings. The van der Waals surface area contributed by atoms with Crippen LogP contribution in [-0.2, 0) is 33.3 Å². The van der Waals surface area contributed by atoms with E-state index in [4.69, 9.17) is 24.7 Å². The fraction of sp³-hybridized carbons (Fsp3) is 0.914. The summed E-state index contributed by atoms with van der Waals surface area (Å²) in [6.07, 6.45) is 38.9. The molecule has 81 heavy (non-hydrogen) atoms. The maximum absolute atomic E-state index is 11.5. The number of carbonyl (C=O) groups is 2. The molecule has 1 saturated heterocycles. The molecule has 0 aromatic carbocycles. The van der Waals surface area contributed by atoms with E-state index in [-0.39, 0.29) is 49.5 Å². The normalized spacial score (nSPS) is 36.0. The molecule has 0 aromatic heterocycles. The van der Waals surface area contributed by atoms with Gasteiger partial charge < -0.3 is 36.2 Å². The Labute approximate surface area is 529 Å². The SMILES string of the molecule is C1CCOC1.CC(C)CCC[C@@H](C)[C@H]1CCC2C3CC=C4C[C@@H](OCCN)CC[C@]4(C)C3CC[C@@]21C.CCOC(=O)CBr.CCOC(=O)CNCCO[C@H]1CC[C@@]2(C)C(=CCC3C2CC[C@@]2(C)C3CC[C@@H]2[C@H](C)CCCC(C)C)C1.[H-].[Na+]. The van der Waals surface area contributed by atoms with Gasteiger partial charge in [-0.05, 0) is 222 Å². The van der Waals surface area contributed by atoms with Crippen molar-refractivity contribution >= 4 is 27.9 Å². The predicted octanol–water partition coefficient (Wildman–Crippen LogP) is 13.8. The molecule has 0 radical (unpaired) electrons. The van der Waals surface area contributed by atoms with Gasteiger partial charge in [0.05, 0.1) is 45.2 Å². The van der Waals surface area contributed by atoms with Crippen LogP contribution < -0.4 is 40.6 Å². The van der Waals surface area contributed by atoms with E-state index in [1.807, 2.05) is 6.92 Å². The fourth-order valence-electron chi connectivity index (χ4n) is 19.2. The number of nitrogens with one attached hydrogen (secondary N) is 1. The summed E-state index contributed by atoms with van der Waals surface area (Å²) >= 11 is 2.94. The van der Waals surface area contributed by atoms with Crippen LogP contribution in [0, 0.1) is 92.7 Å². The molecule has 0 amide bonds. The molecular weight excluding hydrogens is 1080 g/mol. The van der Waals surface area contributed by atoms with Crippen molar-refractivity contribution in [3.05, 3.63) is 23.3 Å². The Morgan fingerprint density at radius 1 is 0.642 bits per heavy atom. The van der Waals surface area contributed by atoms with Crippen molar-refractivity contribution in [1.82, 2.24) is 5.32 Å². The van der Waals surface area contributed by atoms with Crippen LogP contribution in [-0.4, -0.2) is 88.8 Å². The van der Waals surface area contributed by atoms with Crippen LogP contribution in [0.2, 0.25) is 0 Å². The zero-order chi connectivity index (χ0) is 58.1. The largest absolute Gasteiger partial charge is 1.00 e. The molecule has 16 atom stereocenters. The van der Waals surface area contributed by atoms with Crippen molar-refractivity contribution in [1.29, 1.82) is 0 Å². The summed E-state index contributed by atoms with van der Waals surface area (Å²) < 4.78 is 26.8. The molecule has 9 aliphatic rings. The number of rotatable bonds is 22. The number of hydrogen-bond acceptors (Lipinski definition) is 9. The van der Waals surface area contributed by atoms with Crippen molar-refractivity contribution in [2.24, 2.45) is 98.4 Å². The van der Waals surface area contributed by atoms with Gasteiger partial charge in [0.25, 0.3) is 0 Å². The molecule has 7 fully saturated rings. The summed E-state index contributed by atoms with van der Waals surface area (Å²) in [6, 6.07) is 0. The first kappa shape index (κ1) is 71.5. The quantitative estimate of drug-likeness (QED) is 0.0359. The van der Waals surface area contributed by atoms with Crippen LogP contribution in [0.25, 0.3) is 0 Å². The summed E-state index contributed by atoms with van der Waals surface area (Å²) in [5.41, 5.74) is 11.1. The van der Waals surface area contributed by atoms with E-state index in [2.05, 4.69) is 107 Å². The maximum atomic E-state index is 11.5. The number of alkyl halides is 1. The van der Waals surface area contributed by atoms with Gasteiger partial charge in [-0.2, -0.15) is 0 Å². The number of allylic oxidation sites excluding steroid dienone is 2. The minimum absolute atomic E-state index is 0. The van der Waals surface area contributed by atoms with E-state index in [0.29, 0.717) is 72.1 Å². The summed E-state index contributed by atoms with van der Waals surface area (Å²) in [7, 11) is 0. The Balaban J connectivity index is 0.000000289. The van der Waals surface area contributed by atoms with Gasteiger partial charge in [-0.15, -0.1) is 0 Å². The third-order valence-electron chi connectivity index (χ3n) is 23.4. The minimum Gasteiger partial charge on any atom is -1.00 e. The molecule has 11 heteroatoms. The van der Waals surface area contributed by atoms with Gasteiger partial charge in [0.1, 0.15) is 5.33 Å². The summed E-state index contributed by atoms with van der Waals surface area (Å²) in [5, 5.41) is 3.44. The molecule has 0 spiro atoms. The van der Waals surface area contributed by atoms with Crippen LogP contribution in [0.3, 0.4) is 0 Å². The number of hydrogen-bond donors (Lipinski definition) is 2.